The third-order valence-corrected chi connectivity index (χ3v) is 2.93. The predicted octanol–water partition coefficient (Wildman–Crippen LogP) is 2.17. The molecule has 0 fully saturated rings. The van der Waals surface area contributed by atoms with Gasteiger partial charge >= 0.3 is 0 Å². The smallest absolute Gasteiger partial charge is 0.163 e. The molecule has 0 amide bonds. The van der Waals surface area contributed by atoms with Crippen LogP contribution >= 0.6 is 0 Å². The summed E-state index contributed by atoms with van der Waals surface area (Å²) in [5, 5.41) is 12.0. The summed E-state index contributed by atoms with van der Waals surface area (Å²) in [5.74, 6) is 2.02. The predicted molar refractivity (Wildman–Crippen MR) is 72.2 cm³/mol. The molecule has 6 nitrogen and oxygen atoms in total. The summed E-state index contributed by atoms with van der Waals surface area (Å²) in [7, 11) is 0. The van der Waals surface area contributed by atoms with Crippen LogP contribution in [0.4, 0.5) is 11.5 Å². The second-order valence-corrected chi connectivity index (χ2v) is 4.34. The molecule has 2 aromatic rings. The van der Waals surface area contributed by atoms with Crippen LogP contribution in [-0.4, -0.2) is 23.2 Å². The van der Waals surface area contributed by atoms with E-state index in [1.165, 1.54) is 6.33 Å². The van der Waals surface area contributed by atoms with Gasteiger partial charge in [0.15, 0.2) is 11.5 Å². The third kappa shape index (κ3) is 2.34. The number of fused-ring (bicyclic) bond motifs is 1. The van der Waals surface area contributed by atoms with E-state index in [0.717, 1.165) is 17.0 Å². The molecule has 6 heteroatoms. The van der Waals surface area contributed by atoms with Crippen LogP contribution < -0.4 is 14.8 Å². The first kappa shape index (κ1) is 12.2. The van der Waals surface area contributed by atoms with Crippen LogP contribution in [0, 0.1) is 18.3 Å². The molecule has 0 spiro atoms. The quantitative estimate of drug-likeness (QED) is 0.899. The molecule has 1 aliphatic rings. The molecule has 1 aromatic carbocycles. The van der Waals surface area contributed by atoms with Gasteiger partial charge in [0.05, 0.1) is 0 Å². The van der Waals surface area contributed by atoms with Crippen LogP contribution in [0.1, 0.15) is 11.3 Å². The fourth-order valence-corrected chi connectivity index (χ4v) is 1.95. The molecule has 1 N–H and O–H groups in total. The Morgan fingerprint density at radius 2 is 1.90 bits per heavy atom. The van der Waals surface area contributed by atoms with E-state index in [2.05, 4.69) is 15.3 Å². The second-order valence-electron chi connectivity index (χ2n) is 4.34. The number of nitrogens with one attached hydrogen (secondary N) is 1. The van der Waals surface area contributed by atoms with Crippen molar-refractivity contribution in [1.82, 2.24) is 9.97 Å². The largest absolute Gasteiger partial charge is 0.486 e. The number of aryl methyl sites for hydroxylation is 1. The van der Waals surface area contributed by atoms with Crippen molar-refractivity contribution in [3.8, 4) is 17.6 Å². The maximum absolute atomic E-state index is 8.84. The van der Waals surface area contributed by atoms with E-state index in [4.69, 9.17) is 14.7 Å². The first-order valence-corrected chi connectivity index (χ1v) is 6.15. The number of hydrogen-bond acceptors (Lipinski definition) is 6. The van der Waals surface area contributed by atoms with Gasteiger partial charge in [0.1, 0.15) is 37.1 Å². The van der Waals surface area contributed by atoms with Gasteiger partial charge in [0.2, 0.25) is 0 Å². The molecule has 0 saturated heterocycles. The number of nitrogens with zero attached hydrogens (tertiary/aromatic N) is 3. The van der Waals surface area contributed by atoms with Gasteiger partial charge in [-0.1, -0.05) is 0 Å². The standard InChI is InChI=1S/C14H12N4O2/c1-9-4-12-13(20-3-2-19-12)6-11(9)18-14-5-10(7-15)16-8-17-14/h4-6,8H,2-3H2,1H3,(H,16,17,18). The Hall–Kier alpha value is -2.81. The summed E-state index contributed by atoms with van der Waals surface area (Å²) in [6.45, 7) is 3.07. The fourth-order valence-electron chi connectivity index (χ4n) is 1.95. The molecule has 3 rings (SSSR count). The van der Waals surface area contributed by atoms with Gasteiger partial charge in [-0.15, -0.1) is 0 Å². The van der Waals surface area contributed by atoms with Crippen molar-refractivity contribution in [3.63, 3.8) is 0 Å². The molecule has 1 aromatic heterocycles. The van der Waals surface area contributed by atoms with Gasteiger partial charge in [-0.3, -0.25) is 0 Å². The van der Waals surface area contributed by atoms with Crippen LogP contribution in [0.15, 0.2) is 24.5 Å². The van der Waals surface area contributed by atoms with Crippen molar-refractivity contribution in [2.75, 3.05) is 18.5 Å². The lowest BCUT2D eigenvalue weighted by Crippen LogP contribution is -2.15. The SMILES string of the molecule is Cc1cc2c(cc1Nc1cc(C#N)ncn1)OCCO2. The highest BCUT2D eigenvalue weighted by molar-refractivity contribution is 5.66. The minimum atomic E-state index is 0.317. The Bertz CT molecular complexity index is 694. The van der Waals surface area contributed by atoms with E-state index in [-0.39, 0.29) is 0 Å². The number of rotatable bonds is 2. The van der Waals surface area contributed by atoms with Crippen molar-refractivity contribution in [3.05, 3.63) is 35.8 Å². The lowest BCUT2D eigenvalue weighted by Gasteiger charge is -2.20. The summed E-state index contributed by atoms with van der Waals surface area (Å²) < 4.78 is 11.1. The molecule has 0 radical (unpaired) electrons. The average molecular weight is 268 g/mol. The Labute approximate surface area is 116 Å². The van der Waals surface area contributed by atoms with E-state index in [1.54, 1.807) is 6.07 Å². The zero-order valence-corrected chi connectivity index (χ0v) is 10.9. The Kier molecular flexibility index (Phi) is 3.09. The lowest BCUT2D eigenvalue weighted by atomic mass is 10.1. The Balaban J connectivity index is 1.92. The average Bonchev–Trinajstić information content (AvgIpc) is 2.48. The lowest BCUT2D eigenvalue weighted by molar-refractivity contribution is 0.171. The summed E-state index contributed by atoms with van der Waals surface area (Å²) in [4.78, 5) is 7.93. The number of ether oxygens (including phenoxy) is 2. The van der Waals surface area contributed by atoms with Gasteiger partial charge in [0.25, 0.3) is 0 Å². The zero-order chi connectivity index (χ0) is 13.9. The molecule has 0 unspecified atom stereocenters. The molecule has 20 heavy (non-hydrogen) atoms. The van der Waals surface area contributed by atoms with Crippen LogP contribution in [0.2, 0.25) is 0 Å². The molecular formula is C14H12N4O2. The van der Waals surface area contributed by atoms with Gasteiger partial charge in [-0.2, -0.15) is 5.26 Å². The molecule has 100 valence electrons. The first-order chi connectivity index (χ1) is 9.76. The summed E-state index contributed by atoms with van der Waals surface area (Å²) in [6, 6.07) is 7.37. The minimum Gasteiger partial charge on any atom is -0.486 e. The van der Waals surface area contributed by atoms with Gasteiger partial charge in [-0.05, 0) is 18.6 Å². The molecule has 0 saturated carbocycles. The number of aromatic nitrogens is 2. The fraction of sp³-hybridized carbons (Fsp3) is 0.214. The summed E-state index contributed by atoms with van der Waals surface area (Å²) in [6.07, 6.45) is 1.36. The molecule has 0 aliphatic carbocycles. The molecule has 0 atom stereocenters. The van der Waals surface area contributed by atoms with Crippen molar-refractivity contribution in [2.45, 2.75) is 6.92 Å². The Morgan fingerprint density at radius 3 is 2.65 bits per heavy atom. The Morgan fingerprint density at radius 1 is 1.15 bits per heavy atom. The van der Waals surface area contributed by atoms with Crippen molar-refractivity contribution in [1.29, 1.82) is 5.26 Å². The van der Waals surface area contributed by atoms with Crippen molar-refractivity contribution < 1.29 is 9.47 Å². The van der Waals surface area contributed by atoms with Crippen LogP contribution in [0.25, 0.3) is 0 Å². The highest BCUT2D eigenvalue weighted by Gasteiger charge is 2.14. The highest BCUT2D eigenvalue weighted by Crippen LogP contribution is 2.36. The maximum atomic E-state index is 8.84. The maximum Gasteiger partial charge on any atom is 0.163 e. The first-order valence-electron chi connectivity index (χ1n) is 6.15. The van der Waals surface area contributed by atoms with Crippen LogP contribution in [0.3, 0.4) is 0 Å². The zero-order valence-electron chi connectivity index (χ0n) is 10.9. The van der Waals surface area contributed by atoms with E-state index in [9.17, 15) is 0 Å². The second kappa shape index (κ2) is 5.05. The van der Waals surface area contributed by atoms with Crippen LogP contribution in [-0.2, 0) is 0 Å². The number of benzene rings is 1. The normalized spacial score (nSPS) is 12.6. The van der Waals surface area contributed by atoms with Gasteiger partial charge in [-0.25, -0.2) is 9.97 Å². The molecule has 0 bridgehead atoms. The summed E-state index contributed by atoms with van der Waals surface area (Å²) >= 11 is 0. The molecule has 2 heterocycles. The summed E-state index contributed by atoms with van der Waals surface area (Å²) in [5.41, 5.74) is 2.18. The van der Waals surface area contributed by atoms with E-state index in [1.807, 2.05) is 25.1 Å². The van der Waals surface area contributed by atoms with Gasteiger partial charge in [0, 0.05) is 17.8 Å². The molecular weight excluding hydrogens is 256 g/mol. The monoisotopic (exact) mass is 268 g/mol. The number of nitriles is 1. The molecule has 1 aliphatic heterocycles. The van der Waals surface area contributed by atoms with Crippen molar-refractivity contribution in [2.24, 2.45) is 0 Å². The topological polar surface area (TPSA) is 80.1 Å². The van der Waals surface area contributed by atoms with Crippen molar-refractivity contribution >= 4 is 11.5 Å². The van der Waals surface area contributed by atoms with E-state index >= 15 is 0 Å². The third-order valence-electron chi connectivity index (χ3n) is 2.93. The number of hydrogen-bond donors (Lipinski definition) is 1. The highest BCUT2D eigenvalue weighted by atomic mass is 16.6. The van der Waals surface area contributed by atoms with Crippen LogP contribution in [0.5, 0.6) is 11.5 Å². The minimum absolute atomic E-state index is 0.317. The number of anilines is 2. The van der Waals surface area contributed by atoms with Gasteiger partial charge < -0.3 is 14.8 Å². The van der Waals surface area contributed by atoms with E-state index < -0.39 is 0 Å². The van der Waals surface area contributed by atoms with E-state index in [0.29, 0.717) is 30.5 Å².